The zero-order chi connectivity index (χ0) is 19.9. The molecule has 3 aromatic rings. The quantitative estimate of drug-likeness (QED) is 0.732. The molecule has 2 heterocycles. The van der Waals surface area contributed by atoms with E-state index >= 15 is 0 Å². The number of sulfonamides is 1. The summed E-state index contributed by atoms with van der Waals surface area (Å²) in [6, 6.07) is 10.3. The normalized spacial score (nSPS) is 15.2. The lowest BCUT2D eigenvalue weighted by Crippen LogP contribution is -2.28. The number of amides is 1. The Hall–Kier alpha value is -2.71. The molecule has 0 atom stereocenters. The molecule has 1 amide bonds. The van der Waals surface area contributed by atoms with Gasteiger partial charge in [-0.15, -0.1) is 0 Å². The molecule has 0 saturated carbocycles. The third kappa shape index (κ3) is 3.29. The predicted molar refractivity (Wildman–Crippen MR) is 108 cm³/mol. The Balaban J connectivity index is 1.61. The Morgan fingerprint density at radius 2 is 1.86 bits per heavy atom. The van der Waals surface area contributed by atoms with Gasteiger partial charge in [0.15, 0.2) is 0 Å². The summed E-state index contributed by atoms with van der Waals surface area (Å²) in [5, 5.41) is 2.80. The highest BCUT2D eigenvalue weighted by Crippen LogP contribution is 2.26. The van der Waals surface area contributed by atoms with Crippen molar-refractivity contribution in [3.05, 3.63) is 53.9 Å². The Morgan fingerprint density at radius 1 is 1.11 bits per heavy atom. The number of benzene rings is 2. The number of aryl methyl sites for hydroxylation is 2. The average Bonchev–Trinajstić information content (AvgIpc) is 3.34. The van der Waals surface area contributed by atoms with Crippen LogP contribution in [0, 0.1) is 6.92 Å². The van der Waals surface area contributed by atoms with Crippen molar-refractivity contribution in [2.75, 3.05) is 18.4 Å². The standard InChI is InChI=1S/C20H22N4O3S/c1-14-5-7-16(12-19(14)28(26,27)24-9-3-4-10-24)22-20(25)15-6-8-18-17(11-15)21-13-23(18)2/h5-8,11-13H,3-4,9-10H2,1-2H3,(H,22,25). The number of hydrogen-bond acceptors (Lipinski definition) is 4. The van der Waals surface area contributed by atoms with Gasteiger partial charge in [-0.2, -0.15) is 4.31 Å². The van der Waals surface area contributed by atoms with Crippen molar-refractivity contribution in [3.8, 4) is 0 Å². The highest BCUT2D eigenvalue weighted by Gasteiger charge is 2.28. The molecule has 1 aliphatic heterocycles. The number of hydrogen-bond donors (Lipinski definition) is 1. The van der Waals surface area contributed by atoms with E-state index < -0.39 is 10.0 Å². The van der Waals surface area contributed by atoms with Crippen molar-refractivity contribution < 1.29 is 13.2 Å². The SMILES string of the molecule is Cc1ccc(NC(=O)c2ccc3c(c2)ncn3C)cc1S(=O)(=O)N1CCCC1. The van der Waals surface area contributed by atoms with Gasteiger partial charge in [-0.3, -0.25) is 4.79 Å². The largest absolute Gasteiger partial charge is 0.334 e. The molecule has 1 aromatic heterocycles. The van der Waals surface area contributed by atoms with Crippen molar-refractivity contribution in [1.82, 2.24) is 13.9 Å². The summed E-state index contributed by atoms with van der Waals surface area (Å²) < 4.78 is 29.2. The van der Waals surface area contributed by atoms with Gasteiger partial charge in [-0.25, -0.2) is 13.4 Å². The molecule has 28 heavy (non-hydrogen) atoms. The number of nitrogens with zero attached hydrogens (tertiary/aromatic N) is 3. The molecule has 1 fully saturated rings. The van der Waals surface area contributed by atoms with Crippen molar-refractivity contribution in [3.63, 3.8) is 0 Å². The van der Waals surface area contributed by atoms with Crippen LogP contribution in [-0.2, 0) is 17.1 Å². The topological polar surface area (TPSA) is 84.3 Å². The summed E-state index contributed by atoms with van der Waals surface area (Å²) in [6.07, 6.45) is 3.46. The molecule has 1 aliphatic rings. The van der Waals surface area contributed by atoms with Gasteiger partial charge in [-0.05, 0) is 55.7 Å². The van der Waals surface area contributed by atoms with Crippen LogP contribution in [0.5, 0.6) is 0 Å². The zero-order valence-corrected chi connectivity index (χ0v) is 16.7. The van der Waals surface area contributed by atoms with Crippen LogP contribution in [0.4, 0.5) is 5.69 Å². The van der Waals surface area contributed by atoms with E-state index in [1.165, 1.54) is 4.31 Å². The molecule has 1 N–H and O–H groups in total. The van der Waals surface area contributed by atoms with Crippen molar-refractivity contribution >= 4 is 32.7 Å². The number of imidazole rings is 1. The second-order valence-electron chi connectivity index (χ2n) is 7.10. The number of fused-ring (bicyclic) bond motifs is 1. The number of aromatic nitrogens is 2. The highest BCUT2D eigenvalue weighted by atomic mass is 32.2. The minimum absolute atomic E-state index is 0.243. The molecule has 1 saturated heterocycles. The smallest absolute Gasteiger partial charge is 0.255 e. The van der Waals surface area contributed by atoms with Crippen LogP contribution in [0.15, 0.2) is 47.6 Å². The molecular formula is C20H22N4O3S. The highest BCUT2D eigenvalue weighted by molar-refractivity contribution is 7.89. The lowest BCUT2D eigenvalue weighted by molar-refractivity contribution is 0.102. The molecule has 0 bridgehead atoms. The number of nitrogens with one attached hydrogen (secondary N) is 1. The van der Waals surface area contributed by atoms with E-state index in [0.29, 0.717) is 29.9 Å². The van der Waals surface area contributed by atoms with Gasteiger partial charge in [0.05, 0.1) is 22.3 Å². The fraction of sp³-hybridized carbons (Fsp3) is 0.300. The van der Waals surface area contributed by atoms with Crippen LogP contribution in [0.25, 0.3) is 11.0 Å². The molecule has 8 heteroatoms. The summed E-state index contributed by atoms with van der Waals surface area (Å²) in [5.74, 6) is -0.305. The van der Waals surface area contributed by atoms with Gasteiger partial charge in [0.25, 0.3) is 5.91 Å². The second kappa shape index (κ2) is 7.03. The molecule has 0 aliphatic carbocycles. The minimum atomic E-state index is -3.55. The summed E-state index contributed by atoms with van der Waals surface area (Å²) >= 11 is 0. The monoisotopic (exact) mass is 398 g/mol. The maximum Gasteiger partial charge on any atom is 0.255 e. The summed E-state index contributed by atoms with van der Waals surface area (Å²) in [6.45, 7) is 2.86. The average molecular weight is 398 g/mol. The van der Waals surface area contributed by atoms with Crippen LogP contribution in [0.3, 0.4) is 0 Å². The van der Waals surface area contributed by atoms with Crippen LogP contribution in [-0.4, -0.2) is 41.3 Å². The van der Waals surface area contributed by atoms with Gasteiger partial charge in [0.1, 0.15) is 0 Å². The van der Waals surface area contributed by atoms with Crippen molar-refractivity contribution in [2.45, 2.75) is 24.7 Å². The first kappa shape index (κ1) is 18.6. The van der Waals surface area contributed by atoms with Gasteiger partial charge in [0.2, 0.25) is 10.0 Å². The summed E-state index contributed by atoms with van der Waals surface area (Å²) in [7, 11) is -1.66. The van der Waals surface area contributed by atoms with Crippen LogP contribution in [0.1, 0.15) is 28.8 Å². The van der Waals surface area contributed by atoms with Gasteiger partial charge in [0, 0.05) is 31.4 Å². The molecule has 0 unspecified atom stereocenters. The number of rotatable bonds is 4. The number of anilines is 1. The predicted octanol–water partition coefficient (Wildman–Crippen LogP) is 2.92. The van der Waals surface area contributed by atoms with Crippen molar-refractivity contribution in [2.24, 2.45) is 7.05 Å². The van der Waals surface area contributed by atoms with Gasteiger partial charge in [-0.1, -0.05) is 6.07 Å². The van der Waals surface area contributed by atoms with E-state index in [0.717, 1.165) is 23.9 Å². The molecule has 0 spiro atoms. The zero-order valence-electron chi connectivity index (χ0n) is 15.8. The third-order valence-corrected chi connectivity index (χ3v) is 7.16. The Kier molecular flexibility index (Phi) is 4.68. The minimum Gasteiger partial charge on any atom is -0.334 e. The first-order chi connectivity index (χ1) is 13.4. The maximum absolute atomic E-state index is 12.9. The molecule has 2 aromatic carbocycles. The van der Waals surface area contributed by atoms with E-state index in [1.54, 1.807) is 43.6 Å². The first-order valence-corrected chi connectivity index (χ1v) is 10.6. The summed E-state index contributed by atoms with van der Waals surface area (Å²) in [4.78, 5) is 17.2. The summed E-state index contributed by atoms with van der Waals surface area (Å²) in [5.41, 5.74) is 3.26. The van der Waals surface area contributed by atoms with E-state index in [-0.39, 0.29) is 10.8 Å². The Labute approximate surface area is 164 Å². The molecule has 0 radical (unpaired) electrons. The molecule has 4 rings (SSSR count). The van der Waals surface area contributed by atoms with Crippen LogP contribution in [0.2, 0.25) is 0 Å². The van der Waals surface area contributed by atoms with E-state index in [2.05, 4.69) is 10.3 Å². The fourth-order valence-electron chi connectivity index (χ4n) is 3.50. The fourth-order valence-corrected chi connectivity index (χ4v) is 5.27. The molecular weight excluding hydrogens is 376 g/mol. The van der Waals surface area contributed by atoms with E-state index in [9.17, 15) is 13.2 Å². The molecule has 146 valence electrons. The van der Waals surface area contributed by atoms with Crippen molar-refractivity contribution in [1.29, 1.82) is 0 Å². The number of carbonyl (C=O) groups excluding carboxylic acids is 1. The maximum atomic E-state index is 12.9. The lowest BCUT2D eigenvalue weighted by Gasteiger charge is -2.18. The van der Waals surface area contributed by atoms with Gasteiger partial charge >= 0.3 is 0 Å². The van der Waals surface area contributed by atoms with Crippen LogP contribution < -0.4 is 5.32 Å². The number of carbonyl (C=O) groups is 1. The lowest BCUT2D eigenvalue weighted by atomic mass is 10.1. The third-order valence-electron chi connectivity index (χ3n) is 5.12. The van der Waals surface area contributed by atoms with E-state index in [4.69, 9.17) is 0 Å². The van der Waals surface area contributed by atoms with Crippen LogP contribution >= 0.6 is 0 Å². The van der Waals surface area contributed by atoms with E-state index in [1.807, 2.05) is 17.7 Å². The van der Waals surface area contributed by atoms with Gasteiger partial charge < -0.3 is 9.88 Å². The Bertz CT molecular complexity index is 1160. The second-order valence-corrected chi connectivity index (χ2v) is 9.01. The Morgan fingerprint density at radius 3 is 2.61 bits per heavy atom. The first-order valence-electron chi connectivity index (χ1n) is 9.19. The molecule has 7 nitrogen and oxygen atoms in total.